The van der Waals surface area contributed by atoms with Gasteiger partial charge in [0.05, 0.1) is 23.4 Å². The van der Waals surface area contributed by atoms with Crippen LogP contribution < -0.4 is 15.8 Å². The molecule has 1 amide bonds. The second kappa shape index (κ2) is 5.80. The molecule has 0 heterocycles. The van der Waals surface area contributed by atoms with Crippen molar-refractivity contribution in [2.24, 2.45) is 5.73 Å². The van der Waals surface area contributed by atoms with Crippen LogP contribution in [0.5, 0.6) is 5.75 Å². The summed E-state index contributed by atoms with van der Waals surface area (Å²) in [5.74, 6) is 0.483. The van der Waals surface area contributed by atoms with E-state index in [0.29, 0.717) is 16.5 Å². The lowest BCUT2D eigenvalue weighted by Crippen LogP contribution is -2.52. The van der Waals surface area contributed by atoms with Crippen LogP contribution >= 0.6 is 11.6 Å². The van der Waals surface area contributed by atoms with Crippen LogP contribution in [-0.2, 0) is 4.79 Å². The van der Waals surface area contributed by atoms with Gasteiger partial charge in [0.1, 0.15) is 5.75 Å². The fourth-order valence-corrected chi connectivity index (χ4v) is 2.55. The first-order valence-electron chi connectivity index (χ1n) is 6.49. The first-order valence-corrected chi connectivity index (χ1v) is 6.87. The van der Waals surface area contributed by atoms with Crippen molar-refractivity contribution in [1.29, 1.82) is 0 Å². The zero-order chi connectivity index (χ0) is 13.9. The molecule has 1 aliphatic rings. The van der Waals surface area contributed by atoms with Crippen molar-refractivity contribution < 1.29 is 9.53 Å². The molecule has 1 aromatic carbocycles. The topological polar surface area (TPSA) is 64.3 Å². The molecule has 0 aliphatic heterocycles. The van der Waals surface area contributed by atoms with Crippen LogP contribution in [0, 0.1) is 0 Å². The van der Waals surface area contributed by atoms with Crippen molar-refractivity contribution in [2.45, 2.75) is 37.6 Å². The van der Waals surface area contributed by atoms with E-state index in [9.17, 15) is 4.79 Å². The van der Waals surface area contributed by atoms with Crippen molar-refractivity contribution in [2.75, 3.05) is 12.4 Å². The predicted molar refractivity (Wildman–Crippen MR) is 76.6 cm³/mol. The van der Waals surface area contributed by atoms with Gasteiger partial charge in [-0.15, -0.1) is 0 Å². The number of anilines is 1. The fourth-order valence-electron chi connectivity index (χ4n) is 2.38. The Morgan fingerprint density at radius 2 is 2.05 bits per heavy atom. The number of nitrogens with two attached hydrogens (primary N) is 1. The lowest BCUT2D eigenvalue weighted by atomic mass is 9.82. The minimum atomic E-state index is -0.773. The molecule has 0 unspecified atom stereocenters. The Bertz CT molecular complexity index is 471. The number of rotatable bonds is 3. The van der Waals surface area contributed by atoms with Gasteiger partial charge in [0.2, 0.25) is 5.91 Å². The molecule has 19 heavy (non-hydrogen) atoms. The molecule has 1 aromatic rings. The predicted octanol–water partition coefficient (Wildman–Crippen LogP) is 2.95. The standard InChI is InChI=1S/C14H19ClN2O2/c1-19-10-5-6-11(15)12(9-10)17-13(18)14(16)7-3-2-4-8-14/h5-6,9H,2-4,7-8,16H2,1H3,(H,17,18). The first-order chi connectivity index (χ1) is 9.05. The van der Waals surface area contributed by atoms with Crippen molar-refractivity contribution >= 4 is 23.2 Å². The summed E-state index contributed by atoms with van der Waals surface area (Å²) >= 11 is 6.07. The van der Waals surface area contributed by atoms with E-state index in [-0.39, 0.29) is 5.91 Å². The normalized spacial score (nSPS) is 17.8. The number of carbonyl (C=O) groups excluding carboxylic acids is 1. The molecule has 2 rings (SSSR count). The van der Waals surface area contributed by atoms with Gasteiger partial charge in [-0.3, -0.25) is 4.79 Å². The Morgan fingerprint density at radius 1 is 1.37 bits per heavy atom. The Hall–Kier alpha value is -1.26. The van der Waals surface area contributed by atoms with Crippen molar-refractivity contribution in [3.8, 4) is 5.75 Å². The molecule has 0 aromatic heterocycles. The van der Waals surface area contributed by atoms with E-state index in [1.54, 1.807) is 25.3 Å². The van der Waals surface area contributed by atoms with Gasteiger partial charge in [0.25, 0.3) is 0 Å². The van der Waals surface area contributed by atoms with Crippen LogP contribution in [-0.4, -0.2) is 18.6 Å². The van der Waals surface area contributed by atoms with Crippen LogP contribution in [0.1, 0.15) is 32.1 Å². The number of hydrogen-bond donors (Lipinski definition) is 2. The number of amides is 1. The number of methoxy groups -OCH3 is 1. The molecule has 0 spiro atoms. The van der Waals surface area contributed by atoms with E-state index >= 15 is 0 Å². The Labute approximate surface area is 118 Å². The molecule has 4 nitrogen and oxygen atoms in total. The first kappa shape index (κ1) is 14.2. The van der Waals surface area contributed by atoms with Gasteiger partial charge in [-0.2, -0.15) is 0 Å². The lowest BCUT2D eigenvalue weighted by molar-refractivity contribution is -0.122. The molecule has 3 N–H and O–H groups in total. The molecule has 5 heteroatoms. The average Bonchev–Trinajstić information content (AvgIpc) is 2.42. The summed E-state index contributed by atoms with van der Waals surface area (Å²) in [5.41, 5.74) is 5.95. The number of nitrogens with one attached hydrogen (secondary N) is 1. The summed E-state index contributed by atoms with van der Waals surface area (Å²) < 4.78 is 5.12. The highest BCUT2D eigenvalue weighted by Gasteiger charge is 2.35. The minimum absolute atomic E-state index is 0.164. The zero-order valence-electron chi connectivity index (χ0n) is 11.0. The summed E-state index contributed by atoms with van der Waals surface area (Å²) in [7, 11) is 1.57. The van der Waals surface area contributed by atoms with Crippen LogP contribution in [0.4, 0.5) is 5.69 Å². The smallest absolute Gasteiger partial charge is 0.244 e. The van der Waals surface area contributed by atoms with Crippen molar-refractivity contribution in [1.82, 2.24) is 0 Å². The molecule has 1 fully saturated rings. The molecule has 1 aliphatic carbocycles. The number of halogens is 1. The number of ether oxygens (including phenoxy) is 1. The number of benzene rings is 1. The maximum atomic E-state index is 12.3. The highest BCUT2D eigenvalue weighted by Crippen LogP contribution is 2.30. The van der Waals surface area contributed by atoms with E-state index in [1.165, 1.54) is 0 Å². The quantitative estimate of drug-likeness (QED) is 0.896. The third-order valence-electron chi connectivity index (χ3n) is 3.62. The average molecular weight is 283 g/mol. The second-order valence-corrected chi connectivity index (χ2v) is 5.42. The Morgan fingerprint density at radius 3 is 2.68 bits per heavy atom. The van der Waals surface area contributed by atoms with E-state index in [2.05, 4.69) is 5.32 Å². The lowest BCUT2D eigenvalue weighted by Gasteiger charge is -2.31. The molecular weight excluding hydrogens is 264 g/mol. The third-order valence-corrected chi connectivity index (χ3v) is 3.95. The van der Waals surface area contributed by atoms with Crippen LogP contribution in [0.2, 0.25) is 5.02 Å². The molecule has 0 radical (unpaired) electrons. The maximum absolute atomic E-state index is 12.3. The van der Waals surface area contributed by atoms with Gasteiger partial charge in [0, 0.05) is 6.07 Å². The van der Waals surface area contributed by atoms with E-state index < -0.39 is 5.54 Å². The van der Waals surface area contributed by atoms with Crippen molar-refractivity contribution in [3.05, 3.63) is 23.2 Å². The van der Waals surface area contributed by atoms with Crippen molar-refractivity contribution in [3.63, 3.8) is 0 Å². The van der Waals surface area contributed by atoms with Gasteiger partial charge in [-0.25, -0.2) is 0 Å². The van der Waals surface area contributed by atoms with Gasteiger partial charge in [-0.05, 0) is 25.0 Å². The van der Waals surface area contributed by atoms with Crippen LogP contribution in [0.3, 0.4) is 0 Å². The minimum Gasteiger partial charge on any atom is -0.497 e. The Balaban J connectivity index is 2.14. The van der Waals surface area contributed by atoms with E-state index in [0.717, 1.165) is 32.1 Å². The SMILES string of the molecule is COc1ccc(Cl)c(NC(=O)C2(N)CCCCC2)c1. The summed E-state index contributed by atoms with van der Waals surface area (Å²) in [5, 5.41) is 3.30. The summed E-state index contributed by atoms with van der Waals surface area (Å²) in [6.07, 6.45) is 4.58. The van der Waals surface area contributed by atoms with Crippen LogP contribution in [0.25, 0.3) is 0 Å². The maximum Gasteiger partial charge on any atom is 0.244 e. The highest BCUT2D eigenvalue weighted by atomic mass is 35.5. The molecule has 104 valence electrons. The zero-order valence-corrected chi connectivity index (χ0v) is 11.8. The largest absolute Gasteiger partial charge is 0.497 e. The van der Waals surface area contributed by atoms with E-state index in [1.807, 2.05) is 0 Å². The molecule has 0 saturated heterocycles. The van der Waals surface area contributed by atoms with Gasteiger partial charge in [-0.1, -0.05) is 30.9 Å². The number of carbonyl (C=O) groups is 1. The molecular formula is C14H19ClN2O2. The summed E-state index contributed by atoms with van der Waals surface area (Å²) in [6, 6.07) is 5.14. The summed E-state index contributed by atoms with van der Waals surface area (Å²) in [6.45, 7) is 0. The molecule has 0 atom stereocenters. The van der Waals surface area contributed by atoms with E-state index in [4.69, 9.17) is 22.1 Å². The molecule has 0 bridgehead atoms. The highest BCUT2D eigenvalue weighted by molar-refractivity contribution is 6.33. The molecule has 1 saturated carbocycles. The monoisotopic (exact) mass is 282 g/mol. The van der Waals surface area contributed by atoms with Gasteiger partial charge >= 0.3 is 0 Å². The third kappa shape index (κ3) is 3.19. The summed E-state index contributed by atoms with van der Waals surface area (Å²) in [4.78, 5) is 12.3. The van der Waals surface area contributed by atoms with Crippen LogP contribution in [0.15, 0.2) is 18.2 Å². The fraction of sp³-hybridized carbons (Fsp3) is 0.500. The van der Waals surface area contributed by atoms with Gasteiger partial charge in [0.15, 0.2) is 0 Å². The Kier molecular flexibility index (Phi) is 4.32. The number of hydrogen-bond acceptors (Lipinski definition) is 3. The second-order valence-electron chi connectivity index (χ2n) is 5.02. The van der Waals surface area contributed by atoms with Gasteiger partial charge < -0.3 is 15.8 Å².